The Morgan fingerprint density at radius 3 is 2.48 bits per heavy atom. The average Bonchev–Trinajstić information content (AvgIpc) is 2.88. The number of β-amino-alcohol motifs (C(OH)–C–C–N with tert-alkyl or cyclic N) is 1. The van der Waals surface area contributed by atoms with E-state index < -0.39 is 6.10 Å². The van der Waals surface area contributed by atoms with E-state index in [-0.39, 0.29) is 12.4 Å². The minimum atomic E-state index is -0.565. The number of para-hydroxylation sites is 1. The molecule has 0 aliphatic carbocycles. The molecule has 0 spiro atoms. The van der Waals surface area contributed by atoms with Gasteiger partial charge in [-0.2, -0.15) is 0 Å². The Balaban J connectivity index is 1.42. The van der Waals surface area contributed by atoms with Crippen LogP contribution in [0.5, 0.6) is 5.75 Å². The summed E-state index contributed by atoms with van der Waals surface area (Å²) in [5, 5.41) is 10.9. The van der Waals surface area contributed by atoms with E-state index in [1.54, 1.807) is 12.1 Å². The zero-order valence-corrected chi connectivity index (χ0v) is 16.1. The molecule has 2 aromatic carbocycles. The van der Waals surface area contributed by atoms with Crippen LogP contribution in [0.4, 0.5) is 4.39 Å². The van der Waals surface area contributed by atoms with Gasteiger partial charge in [0.1, 0.15) is 24.3 Å². The van der Waals surface area contributed by atoms with E-state index in [1.807, 2.05) is 24.3 Å². The zero-order chi connectivity index (χ0) is 19.1. The van der Waals surface area contributed by atoms with Gasteiger partial charge in [0.15, 0.2) is 0 Å². The van der Waals surface area contributed by atoms with Crippen LogP contribution in [-0.4, -0.2) is 60.3 Å². The third kappa shape index (κ3) is 6.47. The number of rotatable bonds is 7. The molecule has 0 bridgehead atoms. The van der Waals surface area contributed by atoms with E-state index in [9.17, 15) is 9.50 Å². The number of ether oxygens (including phenoxy) is 1. The van der Waals surface area contributed by atoms with Gasteiger partial charge in [-0.3, -0.25) is 9.80 Å². The van der Waals surface area contributed by atoms with Crippen molar-refractivity contribution in [1.29, 1.82) is 0 Å². The lowest BCUT2D eigenvalue weighted by Gasteiger charge is -2.24. The first-order valence-electron chi connectivity index (χ1n) is 9.35. The molecule has 1 saturated heterocycles. The monoisotopic (exact) mass is 392 g/mol. The van der Waals surface area contributed by atoms with Gasteiger partial charge in [-0.05, 0) is 49.3 Å². The first-order valence-corrected chi connectivity index (χ1v) is 9.72. The van der Waals surface area contributed by atoms with Gasteiger partial charge >= 0.3 is 0 Å². The second-order valence-corrected chi connectivity index (χ2v) is 7.36. The van der Waals surface area contributed by atoms with E-state index in [2.05, 4.69) is 9.80 Å². The van der Waals surface area contributed by atoms with Crippen LogP contribution >= 0.6 is 11.6 Å². The average molecular weight is 393 g/mol. The molecule has 1 aliphatic rings. The topological polar surface area (TPSA) is 35.9 Å². The molecule has 1 N–H and O–H groups in total. The zero-order valence-electron chi connectivity index (χ0n) is 15.4. The van der Waals surface area contributed by atoms with Crippen LogP contribution in [0.15, 0.2) is 48.5 Å². The molecule has 6 heteroatoms. The maximum absolute atomic E-state index is 13.0. The first-order chi connectivity index (χ1) is 13.1. The Kier molecular flexibility index (Phi) is 7.47. The van der Waals surface area contributed by atoms with Gasteiger partial charge in [-0.15, -0.1) is 0 Å². The summed E-state index contributed by atoms with van der Waals surface area (Å²) in [7, 11) is 0. The second-order valence-electron chi connectivity index (χ2n) is 6.95. The summed E-state index contributed by atoms with van der Waals surface area (Å²) in [5.74, 6) is 0.397. The van der Waals surface area contributed by atoms with Gasteiger partial charge in [-0.25, -0.2) is 4.39 Å². The molecule has 27 heavy (non-hydrogen) atoms. The Labute approximate surface area is 165 Å². The van der Waals surface area contributed by atoms with Crippen LogP contribution in [0.3, 0.4) is 0 Å². The van der Waals surface area contributed by atoms with Crippen LogP contribution in [0.2, 0.25) is 5.02 Å². The lowest BCUT2D eigenvalue weighted by atomic mass is 10.2. The van der Waals surface area contributed by atoms with E-state index in [0.29, 0.717) is 17.3 Å². The standard InChI is InChI=1S/C21H26ClFN2O2/c22-20-4-1-2-5-21(20)27-16-19(26)15-25-11-3-10-24(12-13-25)14-17-6-8-18(23)9-7-17/h1-2,4-9,19,26H,3,10-16H2. The van der Waals surface area contributed by atoms with Crippen molar-refractivity contribution in [2.75, 3.05) is 39.3 Å². The number of halogens is 2. The highest BCUT2D eigenvalue weighted by Gasteiger charge is 2.18. The number of nitrogens with zero attached hydrogens (tertiary/aromatic N) is 2. The van der Waals surface area contributed by atoms with E-state index in [4.69, 9.17) is 16.3 Å². The normalized spacial score (nSPS) is 17.4. The van der Waals surface area contributed by atoms with Gasteiger partial charge in [0.25, 0.3) is 0 Å². The largest absolute Gasteiger partial charge is 0.489 e. The third-order valence-corrected chi connectivity index (χ3v) is 5.05. The molecule has 1 unspecified atom stereocenters. The minimum absolute atomic E-state index is 0.200. The maximum Gasteiger partial charge on any atom is 0.138 e. The van der Waals surface area contributed by atoms with E-state index >= 15 is 0 Å². The predicted octanol–water partition coefficient (Wildman–Crippen LogP) is 3.43. The molecule has 1 aliphatic heterocycles. The molecule has 0 amide bonds. The Bertz CT molecular complexity index is 714. The molecule has 3 rings (SSSR count). The summed E-state index contributed by atoms with van der Waals surface area (Å²) in [6, 6.07) is 14.0. The number of aliphatic hydroxyl groups is 1. The second kappa shape index (κ2) is 10.0. The van der Waals surface area contributed by atoms with Crippen LogP contribution in [0, 0.1) is 5.82 Å². The summed E-state index contributed by atoms with van der Waals surface area (Å²) in [5.41, 5.74) is 1.12. The molecule has 4 nitrogen and oxygen atoms in total. The first kappa shape index (κ1) is 20.1. The van der Waals surface area contributed by atoms with Crippen molar-refractivity contribution in [3.05, 3.63) is 64.9 Å². The summed E-state index contributed by atoms with van der Waals surface area (Å²) in [6.07, 6.45) is 0.476. The quantitative estimate of drug-likeness (QED) is 0.783. The molecular weight excluding hydrogens is 367 g/mol. The van der Waals surface area contributed by atoms with Crippen LogP contribution in [-0.2, 0) is 6.54 Å². The Morgan fingerprint density at radius 2 is 1.70 bits per heavy atom. The molecule has 2 aromatic rings. The molecule has 1 fully saturated rings. The van der Waals surface area contributed by atoms with Crippen molar-refractivity contribution in [1.82, 2.24) is 9.80 Å². The highest BCUT2D eigenvalue weighted by Crippen LogP contribution is 2.23. The van der Waals surface area contributed by atoms with Crippen LogP contribution < -0.4 is 4.74 Å². The van der Waals surface area contributed by atoms with Crippen molar-refractivity contribution in [2.45, 2.75) is 19.1 Å². The number of hydrogen-bond acceptors (Lipinski definition) is 4. The fraction of sp³-hybridized carbons (Fsp3) is 0.429. The van der Waals surface area contributed by atoms with Crippen LogP contribution in [0.1, 0.15) is 12.0 Å². The minimum Gasteiger partial charge on any atom is -0.489 e. The molecule has 0 aromatic heterocycles. The fourth-order valence-electron chi connectivity index (χ4n) is 3.31. The highest BCUT2D eigenvalue weighted by atomic mass is 35.5. The van der Waals surface area contributed by atoms with Gasteiger partial charge in [0.05, 0.1) is 5.02 Å². The summed E-state index contributed by atoms with van der Waals surface area (Å²) >= 11 is 6.07. The Morgan fingerprint density at radius 1 is 1.00 bits per heavy atom. The molecular formula is C21H26ClFN2O2. The van der Waals surface area contributed by atoms with E-state index in [0.717, 1.165) is 44.7 Å². The molecule has 0 saturated carbocycles. The summed E-state index contributed by atoms with van der Waals surface area (Å²) in [6.45, 7) is 5.39. The van der Waals surface area contributed by atoms with Crippen molar-refractivity contribution in [3.8, 4) is 5.75 Å². The number of aliphatic hydroxyl groups excluding tert-OH is 1. The molecule has 1 heterocycles. The van der Waals surface area contributed by atoms with Gasteiger partial charge in [-0.1, -0.05) is 35.9 Å². The van der Waals surface area contributed by atoms with E-state index in [1.165, 1.54) is 12.1 Å². The summed E-state index contributed by atoms with van der Waals surface area (Å²) < 4.78 is 18.7. The van der Waals surface area contributed by atoms with Gasteiger partial charge in [0.2, 0.25) is 0 Å². The fourth-order valence-corrected chi connectivity index (χ4v) is 3.50. The van der Waals surface area contributed by atoms with Crippen molar-refractivity contribution >= 4 is 11.6 Å². The molecule has 146 valence electrons. The number of benzene rings is 2. The third-order valence-electron chi connectivity index (χ3n) is 4.74. The van der Waals surface area contributed by atoms with Crippen molar-refractivity contribution in [2.24, 2.45) is 0 Å². The Hall–Kier alpha value is -1.66. The van der Waals surface area contributed by atoms with Gasteiger partial charge < -0.3 is 9.84 Å². The maximum atomic E-state index is 13.0. The molecule has 0 radical (unpaired) electrons. The molecule has 1 atom stereocenters. The lowest BCUT2D eigenvalue weighted by Crippen LogP contribution is -2.38. The number of hydrogen-bond donors (Lipinski definition) is 1. The SMILES string of the molecule is OC(COc1ccccc1Cl)CN1CCCN(Cc2ccc(F)cc2)CC1. The smallest absolute Gasteiger partial charge is 0.138 e. The van der Waals surface area contributed by atoms with Crippen LogP contribution in [0.25, 0.3) is 0 Å². The predicted molar refractivity (Wildman–Crippen MR) is 106 cm³/mol. The lowest BCUT2D eigenvalue weighted by molar-refractivity contribution is 0.0693. The van der Waals surface area contributed by atoms with Crippen molar-refractivity contribution in [3.63, 3.8) is 0 Å². The highest BCUT2D eigenvalue weighted by molar-refractivity contribution is 6.32. The summed E-state index contributed by atoms with van der Waals surface area (Å²) in [4.78, 5) is 4.64. The van der Waals surface area contributed by atoms with Gasteiger partial charge in [0, 0.05) is 26.2 Å². The van der Waals surface area contributed by atoms with Crippen molar-refractivity contribution < 1.29 is 14.2 Å².